The summed E-state index contributed by atoms with van der Waals surface area (Å²) in [5.74, 6) is 0.948. The van der Waals surface area contributed by atoms with E-state index < -0.39 is 33.8 Å². The maximum Gasteiger partial charge on any atom is 0.283 e. The molecule has 0 saturated carbocycles. The minimum Gasteiger partial charge on any atom is -0.475 e. The lowest BCUT2D eigenvalue weighted by molar-refractivity contribution is 0.250. The van der Waals surface area contributed by atoms with Crippen LogP contribution in [0.25, 0.3) is 0 Å². The first-order chi connectivity index (χ1) is 24.0. The summed E-state index contributed by atoms with van der Waals surface area (Å²) in [6.45, 7) is 13.5. The molecule has 0 unspecified atom stereocenters. The van der Waals surface area contributed by atoms with Gasteiger partial charge in [0.2, 0.25) is 11.8 Å². The Bertz CT molecular complexity index is 2000. The number of aryl methyl sites for hydroxylation is 2. The molecule has 0 amide bonds. The molecule has 0 N–H and O–H groups in total. The normalized spacial score (nSPS) is 16.0. The third-order valence-electron chi connectivity index (χ3n) is 7.67. The van der Waals surface area contributed by atoms with Gasteiger partial charge < -0.3 is 9.47 Å². The van der Waals surface area contributed by atoms with Crippen LogP contribution in [0.15, 0.2) is 123 Å². The lowest BCUT2D eigenvalue weighted by atomic mass is 10.1. The van der Waals surface area contributed by atoms with Crippen molar-refractivity contribution < 1.29 is 35.2 Å². The average molecular weight is 740 g/mol. The van der Waals surface area contributed by atoms with Crippen molar-refractivity contribution in [3.8, 4) is 0 Å². The summed E-state index contributed by atoms with van der Waals surface area (Å²) >= 11 is 0. The van der Waals surface area contributed by atoms with Crippen molar-refractivity contribution >= 4 is 31.8 Å². The van der Waals surface area contributed by atoms with Gasteiger partial charge in [-0.15, -0.1) is 4.48 Å². The third kappa shape index (κ3) is 10.1. The number of hydrogen-bond donors (Lipinski definition) is 0. The zero-order valence-electron chi connectivity index (χ0n) is 29.5. The fourth-order valence-electron chi connectivity index (χ4n) is 4.77. The highest BCUT2D eigenvalue weighted by Crippen LogP contribution is 2.25. The van der Waals surface area contributed by atoms with Crippen LogP contribution in [0.4, 0.5) is 8.87 Å². The van der Waals surface area contributed by atoms with Crippen molar-refractivity contribution in [1.29, 1.82) is 0 Å². The van der Waals surface area contributed by atoms with Crippen LogP contribution in [0.3, 0.4) is 0 Å². The molecule has 0 aliphatic carbocycles. The predicted octanol–water partition coefficient (Wildman–Crippen LogP) is 7.70. The fourth-order valence-corrected chi connectivity index (χ4v) is 7.65. The van der Waals surface area contributed by atoms with Gasteiger partial charge in [-0.25, -0.2) is 31.2 Å². The molecular formula is C38H43F2N3O6S2. The molecule has 2 heterocycles. The summed E-state index contributed by atoms with van der Waals surface area (Å²) in [4.78, 5) is 8.02. The molecule has 9 nitrogen and oxygen atoms in total. The smallest absolute Gasteiger partial charge is 0.283 e. The molecular weight excluding hydrogens is 697 g/mol. The van der Waals surface area contributed by atoms with Crippen molar-refractivity contribution in [2.45, 2.75) is 75.3 Å². The summed E-state index contributed by atoms with van der Waals surface area (Å²) in [5.41, 5.74) is 3.56. The highest BCUT2D eigenvalue weighted by atomic mass is 32.3. The number of sulfonamides is 2. The van der Waals surface area contributed by atoms with E-state index in [9.17, 15) is 25.7 Å². The van der Waals surface area contributed by atoms with Gasteiger partial charge in [0.05, 0.1) is 30.4 Å². The largest absolute Gasteiger partial charge is 0.475 e. The van der Waals surface area contributed by atoms with Crippen molar-refractivity contribution in [2.75, 3.05) is 13.2 Å². The SMILES string of the molecule is CCc1ccc(C2=NC(C)(C)CO2)c(F)c1.CCc1ccc(C2=NC(C)(C)CO2)cc1.O=S(=O)(c1ccccc1)N(F)S(=O)(=O)c1ccccc1. The molecule has 2 aliphatic heterocycles. The summed E-state index contributed by atoms with van der Waals surface area (Å²) < 4.78 is 85.4. The second-order valence-electron chi connectivity index (χ2n) is 13.0. The van der Waals surface area contributed by atoms with Crippen molar-refractivity contribution in [3.63, 3.8) is 0 Å². The standard InChI is InChI=1S/C13H16FNO.C13H17NO.C12H10FNO4S2/c1-4-9-5-6-10(11(14)7-9)12-15-13(2,3)8-16-12;1-4-10-5-7-11(8-6-10)12-14-13(2,3)9-15-12;13-14(19(15,16)11-7-3-1-4-8-11)20(17,18)12-9-5-2-6-10-12/h5-7H,4,8H2,1-3H3;5-8H,4,9H2,1-3H3;1-10H. The maximum absolute atomic E-state index is 14.0. The van der Waals surface area contributed by atoms with Crippen LogP contribution in [0.5, 0.6) is 0 Å². The van der Waals surface area contributed by atoms with E-state index in [1.165, 1.54) is 42.0 Å². The second kappa shape index (κ2) is 16.3. The van der Waals surface area contributed by atoms with Gasteiger partial charge in [-0.05, 0) is 100 Å². The molecule has 272 valence electrons. The Morgan fingerprint density at radius 2 is 1.08 bits per heavy atom. The Morgan fingerprint density at radius 1 is 0.647 bits per heavy atom. The number of nitrogens with zero attached hydrogens (tertiary/aromatic N) is 3. The van der Waals surface area contributed by atoms with Crippen LogP contribution in [0.2, 0.25) is 0 Å². The van der Waals surface area contributed by atoms with E-state index in [0.29, 0.717) is 24.7 Å². The summed E-state index contributed by atoms with van der Waals surface area (Å²) in [7, 11) is -9.53. The Labute approximate surface area is 299 Å². The number of aliphatic imine (C=N–C) groups is 2. The van der Waals surface area contributed by atoms with Gasteiger partial charge in [0.15, 0.2) is 0 Å². The summed E-state index contributed by atoms with van der Waals surface area (Å²) in [5, 5.41) is 0. The fraction of sp³-hybridized carbons (Fsp3) is 0.316. The second-order valence-corrected chi connectivity index (χ2v) is 16.8. The van der Waals surface area contributed by atoms with Gasteiger partial charge >= 0.3 is 0 Å². The van der Waals surface area contributed by atoms with Crippen LogP contribution < -0.4 is 0 Å². The van der Waals surface area contributed by atoms with Gasteiger partial charge in [-0.2, -0.15) is 0 Å². The molecule has 0 aromatic heterocycles. The zero-order chi connectivity index (χ0) is 37.5. The molecule has 0 atom stereocenters. The van der Waals surface area contributed by atoms with Gasteiger partial charge in [-0.3, -0.25) is 0 Å². The number of hydrogen-bond acceptors (Lipinski definition) is 8. The Balaban J connectivity index is 0.000000174. The average Bonchev–Trinajstić information content (AvgIpc) is 3.69. The van der Waals surface area contributed by atoms with E-state index in [-0.39, 0.29) is 16.9 Å². The molecule has 51 heavy (non-hydrogen) atoms. The van der Waals surface area contributed by atoms with Crippen molar-refractivity contribution in [2.24, 2.45) is 9.98 Å². The first-order valence-electron chi connectivity index (χ1n) is 16.4. The van der Waals surface area contributed by atoms with Gasteiger partial charge in [0.1, 0.15) is 19.0 Å². The maximum atomic E-state index is 14.0. The van der Waals surface area contributed by atoms with E-state index in [4.69, 9.17) is 9.47 Å². The number of benzene rings is 4. The molecule has 4 aromatic carbocycles. The third-order valence-corrected chi connectivity index (χ3v) is 11.3. The minimum atomic E-state index is -4.77. The van der Waals surface area contributed by atoms with Crippen molar-refractivity contribution in [1.82, 2.24) is 3.93 Å². The molecule has 2 aliphatic rings. The van der Waals surface area contributed by atoms with E-state index >= 15 is 0 Å². The topological polar surface area (TPSA) is 115 Å². The molecule has 6 rings (SSSR count). The number of rotatable bonds is 8. The minimum absolute atomic E-state index is 0.0707. The van der Waals surface area contributed by atoms with Gasteiger partial charge in [0.25, 0.3) is 20.0 Å². The molecule has 13 heteroatoms. The van der Waals surface area contributed by atoms with E-state index in [1.807, 2.05) is 26.8 Å². The molecule has 0 radical (unpaired) electrons. The Kier molecular flexibility index (Phi) is 12.5. The molecule has 4 aromatic rings. The van der Waals surface area contributed by atoms with Gasteiger partial charge in [0, 0.05) is 5.56 Å². The lowest BCUT2D eigenvalue weighted by Gasteiger charge is -2.12. The van der Waals surface area contributed by atoms with Crippen molar-refractivity contribution in [3.05, 3.63) is 131 Å². The van der Waals surface area contributed by atoms with E-state index in [2.05, 4.69) is 55.0 Å². The zero-order valence-corrected chi connectivity index (χ0v) is 31.1. The molecule has 0 bridgehead atoms. The van der Waals surface area contributed by atoms with Crippen LogP contribution in [-0.2, 0) is 42.4 Å². The van der Waals surface area contributed by atoms with Crippen LogP contribution >= 0.6 is 0 Å². The highest BCUT2D eigenvalue weighted by Gasteiger charge is 2.37. The highest BCUT2D eigenvalue weighted by molar-refractivity contribution is 8.03. The number of ether oxygens (including phenoxy) is 2. The van der Waals surface area contributed by atoms with Crippen LogP contribution in [-0.4, -0.2) is 56.9 Å². The van der Waals surface area contributed by atoms with E-state index in [0.717, 1.165) is 54.1 Å². The first kappa shape index (κ1) is 39.3. The predicted molar refractivity (Wildman–Crippen MR) is 195 cm³/mol. The summed E-state index contributed by atoms with van der Waals surface area (Å²) in [6.07, 6.45) is 1.90. The van der Waals surface area contributed by atoms with E-state index in [1.54, 1.807) is 12.1 Å². The van der Waals surface area contributed by atoms with Gasteiger partial charge in [-0.1, -0.05) is 68.4 Å². The monoisotopic (exact) mass is 739 g/mol. The van der Waals surface area contributed by atoms with Crippen LogP contribution in [0, 0.1) is 5.82 Å². The lowest BCUT2D eigenvalue weighted by Crippen LogP contribution is -2.29. The molecule has 0 fully saturated rings. The number of halogens is 2. The molecule has 0 spiro atoms. The molecule has 0 saturated heterocycles. The van der Waals surface area contributed by atoms with Crippen LogP contribution in [0.1, 0.15) is 63.8 Å². The Hall–Kier alpha value is -4.46. The Morgan fingerprint density at radius 3 is 1.47 bits per heavy atom. The first-order valence-corrected chi connectivity index (χ1v) is 19.3. The summed E-state index contributed by atoms with van der Waals surface area (Å²) in [6, 6.07) is 26.6. The quantitative estimate of drug-likeness (QED) is 0.171.